The van der Waals surface area contributed by atoms with E-state index in [0.29, 0.717) is 0 Å². The first-order chi connectivity index (χ1) is 2.64. The number of carbonyl (C=O) groups is 1. The highest BCUT2D eigenvalue weighted by molar-refractivity contribution is 5.70. The van der Waals surface area contributed by atoms with Crippen LogP contribution in [-0.4, -0.2) is 12.1 Å². The molecule has 0 aliphatic rings. The van der Waals surface area contributed by atoms with E-state index >= 15 is 0 Å². The molecular formula is C3H4FO2. The fraction of sp³-hybridized carbons (Fsp3) is 0.667. The van der Waals surface area contributed by atoms with Gasteiger partial charge in [-0.15, -0.1) is 0 Å². The van der Waals surface area contributed by atoms with E-state index in [1.807, 2.05) is 0 Å². The summed E-state index contributed by atoms with van der Waals surface area (Å²) in [6.07, 6.45) is -1.84. The second kappa shape index (κ2) is 1.74. The van der Waals surface area contributed by atoms with Gasteiger partial charge >= 0.3 is 5.97 Å². The molecule has 0 aromatic heterocycles. The van der Waals surface area contributed by atoms with E-state index in [2.05, 4.69) is 0 Å². The Morgan fingerprint density at radius 1 is 1.83 bits per heavy atom. The van der Waals surface area contributed by atoms with Crippen LogP contribution in [0.3, 0.4) is 0 Å². The maximum atomic E-state index is 11.2. The maximum Gasteiger partial charge on any atom is 0.389 e. The number of hydrogen-bond donors (Lipinski definition) is 0. The standard InChI is InChI=1S/C3H4FO2/c1-2(4)3(5)6/h2H,1H3/t2-/m0/s1. The van der Waals surface area contributed by atoms with Crippen molar-refractivity contribution in [2.75, 3.05) is 0 Å². The number of alkyl halides is 1. The van der Waals surface area contributed by atoms with Crippen LogP contribution in [0.2, 0.25) is 0 Å². The third-order valence-electron chi connectivity index (χ3n) is 0.325. The minimum atomic E-state index is -1.84. The summed E-state index contributed by atoms with van der Waals surface area (Å²) in [5.41, 5.74) is 0. The Morgan fingerprint density at radius 2 is 2.00 bits per heavy atom. The minimum Gasteiger partial charge on any atom is -0.244 e. The molecule has 0 unspecified atom stereocenters. The van der Waals surface area contributed by atoms with Gasteiger partial charge in [-0.25, -0.2) is 14.3 Å². The Balaban J connectivity index is 3.26. The van der Waals surface area contributed by atoms with Crippen molar-refractivity contribution < 1.29 is 14.3 Å². The lowest BCUT2D eigenvalue weighted by Crippen LogP contribution is -2.06. The molecular weight excluding hydrogens is 87.0 g/mol. The van der Waals surface area contributed by atoms with Gasteiger partial charge in [0, 0.05) is 0 Å². The molecule has 0 aromatic carbocycles. The first kappa shape index (κ1) is 5.40. The van der Waals surface area contributed by atoms with Gasteiger partial charge < -0.3 is 0 Å². The Hall–Kier alpha value is -0.600. The highest BCUT2D eigenvalue weighted by Crippen LogP contribution is 1.84. The second-order valence-corrected chi connectivity index (χ2v) is 0.935. The molecule has 2 nitrogen and oxygen atoms in total. The molecule has 0 saturated carbocycles. The molecule has 3 heteroatoms. The summed E-state index contributed by atoms with van der Waals surface area (Å²) in [4.78, 5) is 9.21. The van der Waals surface area contributed by atoms with Crippen LogP contribution in [0.1, 0.15) is 6.92 Å². The molecule has 35 valence electrons. The van der Waals surface area contributed by atoms with Gasteiger partial charge in [0.05, 0.1) is 0 Å². The summed E-state index contributed by atoms with van der Waals surface area (Å²) in [6.45, 7) is 0.912. The molecule has 1 radical (unpaired) electrons. The van der Waals surface area contributed by atoms with Crippen LogP contribution in [0, 0.1) is 0 Å². The molecule has 0 fully saturated rings. The normalized spacial score (nSPS) is 13.7. The fourth-order valence-corrected chi connectivity index (χ4v) is 0. The van der Waals surface area contributed by atoms with Gasteiger partial charge in [0.25, 0.3) is 0 Å². The van der Waals surface area contributed by atoms with Crippen LogP contribution in [-0.2, 0) is 9.90 Å². The van der Waals surface area contributed by atoms with Crippen molar-refractivity contribution in [3.05, 3.63) is 0 Å². The predicted octanol–water partition coefficient (Wildman–Crippen LogP) is 0.301. The smallest absolute Gasteiger partial charge is 0.244 e. The molecule has 0 heterocycles. The van der Waals surface area contributed by atoms with Crippen molar-refractivity contribution in [3.63, 3.8) is 0 Å². The van der Waals surface area contributed by atoms with Crippen LogP contribution in [0.25, 0.3) is 0 Å². The Bertz CT molecular complexity index is 59.8. The van der Waals surface area contributed by atoms with Gasteiger partial charge in [-0.2, -0.15) is 0 Å². The number of carbonyl (C=O) groups excluding carboxylic acids is 1. The molecule has 0 rings (SSSR count). The van der Waals surface area contributed by atoms with Crippen molar-refractivity contribution in [1.29, 1.82) is 0 Å². The highest BCUT2D eigenvalue weighted by Gasteiger charge is 2.08. The number of hydrogen-bond acceptors (Lipinski definition) is 1. The fourth-order valence-electron chi connectivity index (χ4n) is 0. The third kappa shape index (κ3) is 1.69. The minimum absolute atomic E-state index is 0.912. The van der Waals surface area contributed by atoms with Gasteiger partial charge in [0.1, 0.15) is 0 Å². The zero-order valence-electron chi connectivity index (χ0n) is 3.27. The van der Waals surface area contributed by atoms with Gasteiger partial charge in [-0.1, -0.05) is 0 Å². The molecule has 0 spiro atoms. The molecule has 0 amide bonds. The second-order valence-electron chi connectivity index (χ2n) is 0.935. The van der Waals surface area contributed by atoms with Crippen LogP contribution < -0.4 is 0 Å². The Kier molecular flexibility index (Phi) is 1.57. The third-order valence-corrected chi connectivity index (χ3v) is 0.325. The van der Waals surface area contributed by atoms with Gasteiger partial charge in [-0.3, -0.25) is 0 Å². The maximum absolute atomic E-state index is 11.2. The topological polar surface area (TPSA) is 37.0 Å². The quantitative estimate of drug-likeness (QED) is 0.457. The van der Waals surface area contributed by atoms with Crippen molar-refractivity contribution in [2.24, 2.45) is 0 Å². The van der Waals surface area contributed by atoms with Crippen molar-refractivity contribution in [2.45, 2.75) is 13.1 Å². The van der Waals surface area contributed by atoms with E-state index in [9.17, 15) is 14.3 Å². The molecule has 0 saturated heterocycles. The van der Waals surface area contributed by atoms with Crippen molar-refractivity contribution in [1.82, 2.24) is 0 Å². The lowest BCUT2D eigenvalue weighted by atomic mass is 10.5. The molecule has 0 bridgehead atoms. The predicted molar refractivity (Wildman–Crippen MR) is 16.3 cm³/mol. The van der Waals surface area contributed by atoms with Gasteiger partial charge in [0.15, 0.2) is 6.17 Å². The SMILES string of the molecule is C[C@H](F)C([O])=O. The van der Waals surface area contributed by atoms with Crippen molar-refractivity contribution >= 4 is 5.97 Å². The summed E-state index contributed by atoms with van der Waals surface area (Å²) in [5.74, 6) is -1.66. The molecule has 6 heavy (non-hydrogen) atoms. The summed E-state index contributed by atoms with van der Waals surface area (Å²) in [7, 11) is 0. The largest absolute Gasteiger partial charge is 0.389 e. The van der Waals surface area contributed by atoms with Gasteiger partial charge in [0.2, 0.25) is 0 Å². The van der Waals surface area contributed by atoms with E-state index in [-0.39, 0.29) is 0 Å². The average Bonchev–Trinajstić information content (AvgIpc) is 1.36. The van der Waals surface area contributed by atoms with Crippen molar-refractivity contribution in [3.8, 4) is 0 Å². The zero-order chi connectivity index (χ0) is 5.15. The van der Waals surface area contributed by atoms with Crippen LogP contribution in [0.5, 0.6) is 0 Å². The first-order valence-electron chi connectivity index (χ1n) is 1.49. The van der Waals surface area contributed by atoms with Gasteiger partial charge in [-0.05, 0) is 6.92 Å². The van der Waals surface area contributed by atoms with E-state index in [0.717, 1.165) is 6.92 Å². The monoisotopic (exact) mass is 91.0 g/mol. The summed E-state index contributed by atoms with van der Waals surface area (Å²) in [5, 5.41) is 9.21. The summed E-state index contributed by atoms with van der Waals surface area (Å²) in [6, 6.07) is 0. The lowest BCUT2D eigenvalue weighted by Gasteiger charge is -1.81. The Morgan fingerprint density at radius 3 is 2.00 bits per heavy atom. The molecule has 0 aliphatic carbocycles. The van der Waals surface area contributed by atoms with Crippen LogP contribution in [0.15, 0.2) is 0 Å². The molecule has 0 aliphatic heterocycles. The molecule has 0 aromatic rings. The molecule has 1 atom stereocenters. The van der Waals surface area contributed by atoms with E-state index in [1.165, 1.54) is 0 Å². The summed E-state index contributed by atoms with van der Waals surface area (Å²) < 4.78 is 11.2. The lowest BCUT2D eigenvalue weighted by molar-refractivity contribution is -0.148. The number of rotatable bonds is 1. The zero-order valence-corrected chi connectivity index (χ0v) is 3.27. The highest BCUT2D eigenvalue weighted by atomic mass is 19.1. The van der Waals surface area contributed by atoms with E-state index < -0.39 is 12.1 Å². The summed E-state index contributed by atoms with van der Waals surface area (Å²) >= 11 is 0. The van der Waals surface area contributed by atoms with Crippen LogP contribution in [0.4, 0.5) is 4.39 Å². The van der Waals surface area contributed by atoms with E-state index in [4.69, 9.17) is 0 Å². The average molecular weight is 91.1 g/mol. The van der Waals surface area contributed by atoms with Crippen LogP contribution >= 0.6 is 0 Å². The molecule has 0 N–H and O–H groups in total. The van der Waals surface area contributed by atoms with E-state index in [1.54, 1.807) is 0 Å². The Labute approximate surface area is 34.6 Å². The first-order valence-corrected chi connectivity index (χ1v) is 1.49. The number of halogens is 1.